The maximum absolute atomic E-state index is 12.2. The maximum Gasteiger partial charge on any atom is 1.00 e. The number of carbonyl (C=O) groups is 2. The third kappa shape index (κ3) is 3.46. The monoisotopic (exact) mass is 388 g/mol. The van der Waals surface area contributed by atoms with Crippen molar-refractivity contribution in [3.63, 3.8) is 0 Å². The summed E-state index contributed by atoms with van der Waals surface area (Å²) in [7, 11) is 0. The molecule has 7 nitrogen and oxygen atoms in total. The Morgan fingerprint density at radius 3 is 2.71 bits per heavy atom. The summed E-state index contributed by atoms with van der Waals surface area (Å²) in [5.41, 5.74) is 1.69. The van der Waals surface area contributed by atoms with Crippen LogP contribution in [0.25, 0.3) is 17.7 Å². The minimum Gasteiger partial charge on any atom is -0.543 e. The van der Waals surface area contributed by atoms with Gasteiger partial charge in [0.15, 0.2) is 5.76 Å². The van der Waals surface area contributed by atoms with Gasteiger partial charge < -0.3 is 24.4 Å². The number of carboxylic acids is 1. The van der Waals surface area contributed by atoms with E-state index in [4.69, 9.17) is 4.52 Å². The molecule has 3 heterocycles. The van der Waals surface area contributed by atoms with Crippen molar-refractivity contribution in [2.24, 2.45) is 5.92 Å². The van der Waals surface area contributed by atoms with Crippen LogP contribution in [0.4, 0.5) is 0 Å². The van der Waals surface area contributed by atoms with Crippen LogP contribution in [0.1, 0.15) is 30.4 Å². The van der Waals surface area contributed by atoms with Crippen LogP contribution < -0.4 is 34.7 Å². The van der Waals surface area contributed by atoms with Crippen LogP contribution in [0.5, 0.6) is 0 Å². The van der Waals surface area contributed by atoms with E-state index in [1.54, 1.807) is 12.1 Å². The molecule has 1 saturated heterocycles. The molecule has 2 aliphatic heterocycles. The van der Waals surface area contributed by atoms with Crippen molar-refractivity contribution < 1.29 is 53.9 Å². The number of carboxylic acid groups (broad SMARTS) is 1. The van der Waals surface area contributed by atoms with Crippen molar-refractivity contribution in [1.82, 2.24) is 10.1 Å². The average Bonchev–Trinajstić information content (AvgIpc) is 3.23. The fourth-order valence-corrected chi connectivity index (χ4v) is 3.73. The summed E-state index contributed by atoms with van der Waals surface area (Å²) in [6, 6.07) is 10.9. The third-order valence-electron chi connectivity index (χ3n) is 4.99. The van der Waals surface area contributed by atoms with Crippen LogP contribution in [0, 0.1) is 5.92 Å². The number of fused-ring (bicyclic) bond motifs is 1. The van der Waals surface area contributed by atoms with Crippen LogP contribution >= 0.6 is 0 Å². The van der Waals surface area contributed by atoms with Crippen molar-refractivity contribution >= 4 is 29.6 Å². The minimum atomic E-state index is -1.44. The SMILES string of the molecule is C[C@@H](O)[C@H]1C(=O)N2C(C(=O)[O-])=C(c3cc(/C=C/c4ccccc4)no3)C[C@H]12.[Na+]. The second-order valence-electron chi connectivity index (χ2n) is 6.72. The standard InChI is InChI=1S/C20H18N2O5.Na/c1-11(23)17-15-10-14(18(20(25)26)22(15)19(17)24)16-9-13(21-27-16)8-7-12-5-3-2-4-6-12;/h2-9,11,15,17,23H,10H2,1H3,(H,25,26);/q;+1/p-1/b8-7+;/t11-,15-,17-;/m1./s1. The summed E-state index contributed by atoms with van der Waals surface area (Å²) in [4.78, 5) is 25.0. The van der Waals surface area contributed by atoms with Gasteiger partial charge in [0, 0.05) is 18.1 Å². The molecule has 1 aromatic carbocycles. The molecule has 1 N–H and O–H groups in total. The molecule has 0 saturated carbocycles. The average molecular weight is 388 g/mol. The van der Waals surface area contributed by atoms with Gasteiger partial charge in [-0.1, -0.05) is 41.6 Å². The molecular weight excluding hydrogens is 371 g/mol. The van der Waals surface area contributed by atoms with Gasteiger partial charge in [0.25, 0.3) is 0 Å². The fourth-order valence-electron chi connectivity index (χ4n) is 3.73. The number of rotatable bonds is 5. The van der Waals surface area contributed by atoms with Crippen molar-refractivity contribution in [3.8, 4) is 0 Å². The van der Waals surface area contributed by atoms with Crippen LogP contribution in [0.3, 0.4) is 0 Å². The van der Waals surface area contributed by atoms with Gasteiger partial charge in [0.2, 0.25) is 5.91 Å². The first-order chi connectivity index (χ1) is 13.0. The van der Waals surface area contributed by atoms with E-state index in [0.29, 0.717) is 11.3 Å². The molecule has 138 valence electrons. The number of aliphatic hydroxyl groups is 1. The quantitative estimate of drug-likeness (QED) is 0.466. The van der Waals surface area contributed by atoms with Crippen molar-refractivity contribution in [3.05, 3.63) is 59.1 Å². The number of benzene rings is 1. The Hall–Kier alpha value is -2.19. The van der Waals surface area contributed by atoms with Crippen LogP contribution in [0.15, 0.2) is 46.6 Å². The topological polar surface area (TPSA) is 107 Å². The van der Waals surface area contributed by atoms with Crippen molar-refractivity contribution in [2.45, 2.75) is 25.5 Å². The van der Waals surface area contributed by atoms with Gasteiger partial charge in [-0.25, -0.2) is 0 Å². The molecule has 1 aromatic heterocycles. The first kappa shape index (κ1) is 20.5. The van der Waals surface area contributed by atoms with E-state index in [1.165, 1.54) is 11.8 Å². The van der Waals surface area contributed by atoms with Crippen molar-refractivity contribution in [1.29, 1.82) is 0 Å². The Balaban J connectivity index is 0.00000225. The van der Waals surface area contributed by atoms with Gasteiger partial charge in [-0.15, -0.1) is 0 Å². The van der Waals surface area contributed by atoms with E-state index in [9.17, 15) is 19.8 Å². The van der Waals surface area contributed by atoms with Crippen LogP contribution in [0.2, 0.25) is 0 Å². The Kier molecular flexibility index (Phi) is 5.90. The van der Waals surface area contributed by atoms with E-state index in [0.717, 1.165) is 5.56 Å². The number of aromatic nitrogens is 1. The molecule has 8 heteroatoms. The van der Waals surface area contributed by atoms with Gasteiger partial charge in [-0.05, 0) is 18.6 Å². The molecule has 3 atom stereocenters. The van der Waals surface area contributed by atoms with E-state index in [-0.39, 0.29) is 47.4 Å². The fraction of sp³-hybridized carbons (Fsp3) is 0.250. The molecular formula is C20H17N2NaO5. The van der Waals surface area contributed by atoms with Crippen LogP contribution in [-0.2, 0) is 9.59 Å². The molecule has 0 aliphatic carbocycles. The van der Waals surface area contributed by atoms with Gasteiger partial charge in [-0.2, -0.15) is 0 Å². The number of carbonyl (C=O) groups excluding carboxylic acids is 2. The molecule has 1 amide bonds. The zero-order valence-electron chi connectivity index (χ0n) is 15.5. The number of amides is 1. The number of hydrogen-bond donors (Lipinski definition) is 1. The third-order valence-corrected chi connectivity index (χ3v) is 4.99. The van der Waals surface area contributed by atoms with E-state index in [1.807, 2.05) is 36.4 Å². The van der Waals surface area contributed by atoms with Gasteiger partial charge in [0.05, 0.1) is 29.7 Å². The molecule has 0 spiro atoms. The molecule has 4 rings (SSSR count). The van der Waals surface area contributed by atoms with Crippen LogP contribution in [-0.4, -0.2) is 39.2 Å². The molecule has 0 unspecified atom stereocenters. The van der Waals surface area contributed by atoms with E-state index in [2.05, 4.69) is 5.16 Å². The Morgan fingerprint density at radius 1 is 1.36 bits per heavy atom. The second-order valence-corrected chi connectivity index (χ2v) is 6.72. The second kappa shape index (κ2) is 8.05. The molecule has 0 radical (unpaired) electrons. The number of aliphatic hydroxyl groups excluding tert-OH is 1. The number of β-lactam (4-membered cyclic amide) rings is 1. The summed E-state index contributed by atoms with van der Waals surface area (Å²) in [6.45, 7) is 1.53. The largest absolute Gasteiger partial charge is 1.00 e. The summed E-state index contributed by atoms with van der Waals surface area (Å²) in [5.74, 6) is -2.18. The zero-order chi connectivity index (χ0) is 19.1. The number of hydrogen-bond acceptors (Lipinski definition) is 6. The molecule has 28 heavy (non-hydrogen) atoms. The smallest absolute Gasteiger partial charge is 0.543 e. The Morgan fingerprint density at radius 2 is 2.07 bits per heavy atom. The molecule has 2 aliphatic rings. The molecule has 2 aromatic rings. The normalized spacial score (nSPS) is 22.1. The first-order valence-electron chi connectivity index (χ1n) is 8.63. The van der Waals surface area contributed by atoms with Gasteiger partial charge in [0.1, 0.15) is 5.69 Å². The molecule has 0 bridgehead atoms. The van der Waals surface area contributed by atoms with Gasteiger partial charge in [-0.3, -0.25) is 4.79 Å². The number of nitrogens with zero attached hydrogens (tertiary/aromatic N) is 2. The van der Waals surface area contributed by atoms with E-state index < -0.39 is 29.9 Å². The molecule has 1 fully saturated rings. The summed E-state index contributed by atoms with van der Waals surface area (Å²) < 4.78 is 5.32. The Labute approximate surface area is 183 Å². The Bertz CT molecular complexity index is 964. The summed E-state index contributed by atoms with van der Waals surface area (Å²) in [6.07, 6.45) is 3.06. The van der Waals surface area contributed by atoms with Gasteiger partial charge >= 0.3 is 29.6 Å². The summed E-state index contributed by atoms with van der Waals surface area (Å²) >= 11 is 0. The van der Waals surface area contributed by atoms with Crippen molar-refractivity contribution in [2.75, 3.05) is 0 Å². The number of aliphatic carboxylic acids is 1. The zero-order valence-corrected chi connectivity index (χ0v) is 17.5. The first-order valence-corrected chi connectivity index (χ1v) is 8.63. The predicted molar refractivity (Wildman–Crippen MR) is 94.2 cm³/mol. The minimum absolute atomic E-state index is 0. The summed E-state index contributed by atoms with van der Waals surface area (Å²) in [5, 5.41) is 25.3. The maximum atomic E-state index is 12.2. The predicted octanol–water partition coefficient (Wildman–Crippen LogP) is -2.08. The van der Waals surface area contributed by atoms with E-state index >= 15 is 0 Å².